The highest BCUT2D eigenvalue weighted by Crippen LogP contribution is 2.35. The summed E-state index contributed by atoms with van der Waals surface area (Å²) in [4.78, 5) is 22.4. The molecular weight excluding hydrogens is 322 g/mol. The number of halogens is 1. The van der Waals surface area contributed by atoms with Crippen molar-refractivity contribution in [3.8, 4) is 0 Å². The Morgan fingerprint density at radius 1 is 1.65 bits per heavy atom. The van der Waals surface area contributed by atoms with E-state index in [2.05, 4.69) is 43.0 Å². The van der Waals surface area contributed by atoms with Crippen LogP contribution in [0.1, 0.15) is 26.7 Å². The Balaban J connectivity index is 2.18. The van der Waals surface area contributed by atoms with Gasteiger partial charge >= 0.3 is 0 Å². The molecular formula is C13H20BrN5O. The Labute approximate surface area is 127 Å². The number of nitrogens with one attached hydrogen (secondary N) is 1. The van der Waals surface area contributed by atoms with E-state index in [0.717, 1.165) is 36.2 Å². The fourth-order valence-corrected chi connectivity index (χ4v) is 2.69. The van der Waals surface area contributed by atoms with Crippen molar-refractivity contribution in [1.29, 1.82) is 0 Å². The molecule has 1 aliphatic rings. The van der Waals surface area contributed by atoms with Gasteiger partial charge in [0.1, 0.15) is 5.82 Å². The fourth-order valence-electron chi connectivity index (χ4n) is 2.24. The van der Waals surface area contributed by atoms with Crippen LogP contribution in [0.2, 0.25) is 0 Å². The van der Waals surface area contributed by atoms with Crippen molar-refractivity contribution in [2.24, 2.45) is 11.1 Å². The summed E-state index contributed by atoms with van der Waals surface area (Å²) in [6.07, 6.45) is 3.50. The molecule has 1 amide bonds. The molecule has 1 fully saturated rings. The van der Waals surface area contributed by atoms with Gasteiger partial charge in [0.05, 0.1) is 9.89 Å². The van der Waals surface area contributed by atoms with Crippen LogP contribution in [0.5, 0.6) is 0 Å². The molecule has 1 aliphatic heterocycles. The zero-order valence-corrected chi connectivity index (χ0v) is 13.4. The predicted octanol–water partition coefficient (Wildman–Crippen LogP) is 1.76. The van der Waals surface area contributed by atoms with Crippen LogP contribution in [0.3, 0.4) is 0 Å². The molecule has 3 N–H and O–H groups in total. The normalized spacial score (nSPS) is 22.1. The van der Waals surface area contributed by atoms with E-state index < -0.39 is 5.41 Å². The van der Waals surface area contributed by atoms with E-state index in [1.807, 2.05) is 6.92 Å². The number of hydrogen-bond acceptors (Lipinski definition) is 5. The summed E-state index contributed by atoms with van der Waals surface area (Å²) in [5.41, 5.74) is 5.00. The summed E-state index contributed by atoms with van der Waals surface area (Å²) >= 11 is 3.47. The highest BCUT2D eigenvalue weighted by Gasteiger charge is 2.39. The monoisotopic (exact) mass is 341 g/mol. The van der Waals surface area contributed by atoms with E-state index in [1.165, 1.54) is 0 Å². The van der Waals surface area contributed by atoms with Crippen molar-refractivity contribution in [3.05, 3.63) is 10.7 Å². The van der Waals surface area contributed by atoms with Crippen molar-refractivity contribution < 1.29 is 4.79 Å². The third kappa shape index (κ3) is 3.03. The Bertz CT molecular complexity index is 510. The molecule has 20 heavy (non-hydrogen) atoms. The third-order valence-electron chi connectivity index (χ3n) is 3.63. The molecule has 2 heterocycles. The summed E-state index contributed by atoms with van der Waals surface area (Å²) in [5, 5.41) is 3.17. The van der Waals surface area contributed by atoms with Gasteiger partial charge in [-0.25, -0.2) is 4.98 Å². The van der Waals surface area contributed by atoms with Crippen LogP contribution in [-0.2, 0) is 4.79 Å². The summed E-state index contributed by atoms with van der Waals surface area (Å²) in [6.45, 7) is 6.18. The smallest absolute Gasteiger partial charge is 0.225 e. The van der Waals surface area contributed by atoms with E-state index in [4.69, 9.17) is 5.73 Å². The second-order valence-corrected chi connectivity index (χ2v) is 6.24. The number of nitrogens with two attached hydrogens (primary N) is 1. The first-order valence-electron chi connectivity index (χ1n) is 6.77. The Morgan fingerprint density at radius 3 is 3.00 bits per heavy atom. The maximum atomic E-state index is 11.5. The standard InChI is InChI=1S/C13H20BrN5O/c1-3-5-16-12-17-7-9(14)10(18-12)19-6-4-13(2,8-19)11(15)20/h7H,3-6,8H2,1-2H3,(H2,15,20)(H,16,17,18). The van der Waals surface area contributed by atoms with Crippen LogP contribution < -0.4 is 16.0 Å². The third-order valence-corrected chi connectivity index (χ3v) is 4.19. The molecule has 2 rings (SSSR count). The molecule has 1 saturated heterocycles. The SMILES string of the molecule is CCCNc1ncc(Br)c(N2CCC(C)(C(N)=O)C2)n1. The van der Waals surface area contributed by atoms with E-state index >= 15 is 0 Å². The van der Waals surface area contributed by atoms with Gasteiger partial charge in [0.15, 0.2) is 0 Å². The second kappa shape index (κ2) is 5.95. The predicted molar refractivity (Wildman–Crippen MR) is 82.6 cm³/mol. The lowest BCUT2D eigenvalue weighted by Gasteiger charge is -2.22. The number of rotatable bonds is 5. The largest absolute Gasteiger partial charge is 0.369 e. The molecule has 0 aliphatic carbocycles. The van der Waals surface area contributed by atoms with Gasteiger partial charge in [0.2, 0.25) is 11.9 Å². The molecule has 0 radical (unpaired) electrons. The van der Waals surface area contributed by atoms with Crippen LogP contribution in [0.4, 0.5) is 11.8 Å². The van der Waals surface area contributed by atoms with Gasteiger partial charge in [-0.05, 0) is 35.7 Å². The van der Waals surface area contributed by atoms with E-state index in [-0.39, 0.29) is 5.91 Å². The summed E-state index contributed by atoms with van der Waals surface area (Å²) in [5.74, 6) is 1.16. The van der Waals surface area contributed by atoms with Crippen molar-refractivity contribution in [3.63, 3.8) is 0 Å². The van der Waals surface area contributed by atoms with Gasteiger partial charge < -0.3 is 16.0 Å². The molecule has 7 heteroatoms. The number of nitrogens with zero attached hydrogens (tertiary/aromatic N) is 3. The molecule has 1 aromatic rings. The average Bonchev–Trinajstić information content (AvgIpc) is 2.82. The van der Waals surface area contributed by atoms with Crippen LogP contribution in [0, 0.1) is 5.41 Å². The van der Waals surface area contributed by atoms with Crippen molar-refractivity contribution >= 4 is 33.6 Å². The van der Waals surface area contributed by atoms with Crippen LogP contribution in [-0.4, -0.2) is 35.5 Å². The Hall–Kier alpha value is -1.37. The van der Waals surface area contributed by atoms with E-state index in [0.29, 0.717) is 12.5 Å². The number of hydrogen-bond donors (Lipinski definition) is 2. The number of amides is 1. The van der Waals surface area contributed by atoms with Gasteiger partial charge in [-0.3, -0.25) is 4.79 Å². The van der Waals surface area contributed by atoms with Crippen LogP contribution in [0.15, 0.2) is 10.7 Å². The molecule has 0 aromatic carbocycles. The van der Waals surface area contributed by atoms with Crippen molar-refractivity contribution in [1.82, 2.24) is 9.97 Å². The Morgan fingerprint density at radius 2 is 2.40 bits per heavy atom. The second-order valence-electron chi connectivity index (χ2n) is 5.39. The van der Waals surface area contributed by atoms with Gasteiger partial charge in [-0.1, -0.05) is 6.92 Å². The van der Waals surface area contributed by atoms with Gasteiger partial charge in [0, 0.05) is 25.8 Å². The minimum Gasteiger partial charge on any atom is -0.369 e. The lowest BCUT2D eigenvalue weighted by atomic mass is 9.89. The first-order chi connectivity index (χ1) is 9.46. The van der Waals surface area contributed by atoms with Crippen LogP contribution in [0.25, 0.3) is 0 Å². The maximum absolute atomic E-state index is 11.5. The lowest BCUT2D eigenvalue weighted by molar-refractivity contribution is -0.125. The minimum absolute atomic E-state index is 0.255. The zero-order valence-electron chi connectivity index (χ0n) is 11.8. The number of primary amides is 1. The molecule has 0 spiro atoms. The molecule has 1 unspecified atom stereocenters. The highest BCUT2D eigenvalue weighted by atomic mass is 79.9. The maximum Gasteiger partial charge on any atom is 0.225 e. The lowest BCUT2D eigenvalue weighted by Crippen LogP contribution is -2.37. The summed E-state index contributed by atoms with van der Waals surface area (Å²) in [6, 6.07) is 0. The number of aromatic nitrogens is 2. The fraction of sp³-hybridized carbons (Fsp3) is 0.615. The van der Waals surface area contributed by atoms with E-state index in [1.54, 1.807) is 6.20 Å². The molecule has 1 atom stereocenters. The van der Waals surface area contributed by atoms with E-state index in [9.17, 15) is 4.79 Å². The zero-order chi connectivity index (χ0) is 14.8. The highest BCUT2D eigenvalue weighted by molar-refractivity contribution is 9.10. The molecule has 1 aromatic heterocycles. The number of carbonyl (C=O) groups excluding carboxylic acids is 1. The first-order valence-corrected chi connectivity index (χ1v) is 7.57. The topological polar surface area (TPSA) is 84.1 Å². The van der Waals surface area contributed by atoms with Crippen molar-refractivity contribution in [2.45, 2.75) is 26.7 Å². The van der Waals surface area contributed by atoms with Gasteiger partial charge in [0.25, 0.3) is 0 Å². The van der Waals surface area contributed by atoms with Crippen molar-refractivity contribution in [2.75, 3.05) is 29.9 Å². The summed E-state index contributed by atoms with van der Waals surface area (Å²) in [7, 11) is 0. The molecule has 0 bridgehead atoms. The van der Waals surface area contributed by atoms with Crippen LogP contribution >= 0.6 is 15.9 Å². The van der Waals surface area contributed by atoms with Gasteiger partial charge in [-0.15, -0.1) is 0 Å². The summed E-state index contributed by atoms with van der Waals surface area (Å²) < 4.78 is 0.827. The number of anilines is 2. The molecule has 6 nitrogen and oxygen atoms in total. The quantitative estimate of drug-likeness (QED) is 0.852. The minimum atomic E-state index is -0.485. The van der Waals surface area contributed by atoms with Gasteiger partial charge in [-0.2, -0.15) is 4.98 Å². The first kappa shape index (κ1) is 15.0. The average molecular weight is 342 g/mol. The molecule has 0 saturated carbocycles. The molecule has 110 valence electrons. The number of carbonyl (C=O) groups is 1. The Kier molecular flexibility index (Phi) is 4.47.